The molecule has 0 aliphatic carbocycles. The smallest absolute Gasteiger partial charge is 0.148 e. The summed E-state index contributed by atoms with van der Waals surface area (Å²) in [7, 11) is 0. The maximum Gasteiger partial charge on any atom is 0.148 e. The van der Waals surface area contributed by atoms with Crippen LogP contribution in [0.15, 0.2) is 60.7 Å². The third kappa shape index (κ3) is 3.14. The molecule has 3 rings (SSSR count). The van der Waals surface area contributed by atoms with E-state index in [9.17, 15) is 4.79 Å². The minimum atomic E-state index is 0.338. The third-order valence-corrected chi connectivity index (χ3v) is 3.90. The lowest BCUT2D eigenvalue weighted by atomic mass is 10.0. The fraction of sp³-hybridized carbons (Fsp3) is 0.278. The monoisotopic (exact) mass is 265 g/mol. The fourth-order valence-electron chi connectivity index (χ4n) is 2.90. The molecule has 0 bridgehead atoms. The van der Waals surface area contributed by atoms with Crippen molar-refractivity contribution >= 4 is 5.78 Å². The van der Waals surface area contributed by atoms with Crippen LogP contribution in [0.4, 0.5) is 0 Å². The van der Waals surface area contributed by atoms with Crippen LogP contribution in [-0.4, -0.2) is 23.3 Å². The SMILES string of the molecule is O=C1CC(Cc2ccccc2)N(Cc2ccccc2)C1. The van der Waals surface area contributed by atoms with Gasteiger partial charge in [-0.15, -0.1) is 0 Å². The Morgan fingerprint density at radius 2 is 1.50 bits per heavy atom. The fourth-order valence-corrected chi connectivity index (χ4v) is 2.90. The van der Waals surface area contributed by atoms with Crippen LogP contribution in [-0.2, 0) is 17.8 Å². The molecular formula is C18H19NO. The zero-order valence-corrected chi connectivity index (χ0v) is 11.5. The number of hydrogen-bond donors (Lipinski definition) is 0. The van der Waals surface area contributed by atoms with Gasteiger partial charge in [0.25, 0.3) is 0 Å². The second kappa shape index (κ2) is 6.02. The Hall–Kier alpha value is -1.93. The van der Waals surface area contributed by atoms with Crippen LogP contribution in [0.5, 0.6) is 0 Å². The molecular weight excluding hydrogens is 246 g/mol. The van der Waals surface area contributed by atoms with Gasteiger partial charge in [0.05, 0.1) is 6.54 Å². The van der Waals surface area contributed by atoms with Gasteiger partial charge in [0.2, 0.25) is 0 Å². The molecule has 1 unspecified atom stereocenters. The number of rotatable bonds is 4. The Labute approximate surface area is 120 Å². The van der Waals surface area contributed by atoms with Gasteiger partial charge in [-0.25, -0.2) is 0 Å². The van der Waals surface area contributed by atoms with Crippen molar-refractivity contribution in [1.82, 2.24) is 4.90 Å². The normalized spacial score (nSPS) is 19.4. The van der Waals surface area contributed by atoms with Gasteiger partial charge in [0.15, 0.2) is 0 Å². The zero-order valence-electron chi connectivity index (χ0n) is 11.5. The summed E-state index contributed by atoms with van der Waals surface area (Å²) in [5, 5.41) is 0. The Balaban J connectivity index is 1.70. The van der Waals surface area contributed by atoms with E-state index in [0.29, 0.717) is 24.8 Å². The molecule has 0 aromatic heterocycles. The molecule has 0 spiro atoms. The molecule has 0 saturated carbocycles. The quantitative estimate of drug-likeness (QED) is 0.846. The molecule has 2 nitrogen and oxygen atoms in total. The van der Waals surface area contributed by atoms with E-state index in [1.54, 1.807) is 0 Å². The number of benzene rings is 2. The predicted molar refractivity (Wildman–Crippen MR) is 80.4 cm³/mol. The van der Waals surface area contributed by atoms with Gasteiger partial charge in [0.1, 0.15) is 5.78 Å². The van der Waals surface area contributed by atoms with E-state index < -0.39 is 0 Å². The minimum Gasteiger partial charge on any atom is -0.298 e. The number of carbonyl (C=O) groups excluding carboxylic acids is 1. The van der Waals surface area contributed by atoms with Crippen LogP contribution < -0.4 is 0 Å². The van der Waals surface area contributed by atoms with Crippen molar-refractivity contribution in [3.05, 3.63) is 71.8 Å². The highest BCUT2D eigenvalue weighted by atomic mass is 16.1. The zero-order chi connectivity index (χ0) is 13.8. The Morgan fingerprint density at radius 1 is 0.900 bits per heavy atom. The van der Waals surface area contributed by atoms with E-state index in [1.807, 2.05) is 12.1 Å². The van der Waals surface area contributed by atoms with Crippen LogP contribution in [0.1, 0.15) is 17.5 Å². The summed E-state index contributed by atoms with van der Waals surface area (Å²) in [6.45, 7) is 1.45. The van der Waals surface area contributed by atoms with Crippen molar-refractivity contribution in [2.24, 2.45) is 0 Å². The Kier molecular flexibility index (Phi) is 3.93. The van der Waals surface area contributed by atoms with Gasteiger partial charge >= 0.3 is 0 Å². The summed E-state index contributed by atoms with van der Waals surface area (Å²) in [5.41, 5.74) is 2.59. The highest BCUT2D eigenvalue weighted by molar-refractivity contribution is 5.83. The molecule has 1 aliphatic heterocycles. The van der Waals surface area contributed by atoms with Gasteiger partial charge in [0, 0.05) is 19.0 Å². The molecule has 102 valence electrons. The van der Waals surface area contributed by atoms with Crippen molar-refractivity contribution < 1.29 is 4.79 Å². The molecule has 0 amide bonds. The molecule has 0 radical (unpaired) electrons. The van der Waals surface area contributed by atoms with Gasteiger partial charge in [-0.2, -0.15) is 0 Å². The van der Waals surface area contributed by atoms with E-state index in [-0.39, 0.29) is 0 Å². The number of Topliss-reactive ketones (excluding diaryl/α,β-unsaturated/α-hetero) is 1. The van der Waals surface area contributed by atoms with Crippen LogP contribution in [0.3, 0.4) is 0 Å². The molecule has 1 heterocycles. The molecule has 2 heteroatoms. The average Bonchev–Trinajstić information content (AvgIpc) is 2.81. The van der Waals surface area contributed by atoms with Crippen molar-refractivity contribution in [2.45, 2.75) is 25.4 Å². The average molecular weight is 265 g/mol. The summed E-state index contributed by atoms with van der Waals surface area (Å²) in [6.07, 6.45) is 1.64. The van der Waals surface area contributed by atoms with Crippen LogP contribution in [0.2, 0.25) is 0 Å². The second-order valence-electron chi connectivity index (χ2n) is 5.48. The number of hydrogen-bond acceptors (Lipinski definition) is 2. The van der Waals surface area contributed by atoms with E-state index in [2.05, 4.69) is 53.4 Å². The summed E-state index contributed by atoms with van der Waals surface area (Å²) < 4.78 is 0. The molecule has 1 saturated heterocycles. The summed E-state index contributed by atoms with van der Waals surface area (Å²) in [6, 6.07) is 21.2. The van der Waals surface area contributed by atoms with Gasteiger partial charge in [-0.05, 0) is 17.5 Å². The van der Waals surface area contributed by atoms with Crippen molar-refractivity contribution in [2.75, 3.05) is 6.54 Å². The van der Waals surface area contributed by atoms with Crippen molar-refractivity contribution in [1.29, 1.82) is 0 Å². The maximum absolute atomic E-state index is 11.8. The summed E-state index contributed by atoms with van der Waals surface area (Å²) >= 11 is 0. The summed E-state index contributed by atoms with van der Waals surface area (Å²) in [5.74, 6) is 0.363. The molecule has 1 fully saturated rings. The second-order valence-corrected chi connectivity index (χ2v) is 5.48. The van der Waals surface area contributed by atoms with Crippen LogP contribution in [0, 0.1) is 0 Å². The Bertz CT molecular complexity index is 513. The van der Waals surface area contributed by atoms with Crippen molar-refractivity contribution in [3.63, 3.8) is 0 Å². The standard InChI is InChI=1S/C18H19NO/c20-18-12-17(11-15-7-3-1-4-8-15)19(14-18)13-16-9-5-2-6-10-16/h1-10,17H,11-14H2. The third-order valence-electron chi connectivity index (χ3n) is 3.90. The first kappa shape index (κ1) is 13.1. The summed E-state index contributed by atoms with van der Waals surface area (Å²) in [4.78, 5) is 14.1. The van der Waals surface area contributed by atoms with Gasteiger partial charge < -0.3 is 0 Å². The number of ketones is 1. The topological polar surface area (TPSA) is 20.3 Å². The molecule has 0 N–H and O–H groups in total. The lowest BCUT2D eigenvalue weighted by molar-refractivity contribution is -0.117. The maximum atomic E-state index is 11.8. The number of likely N-dealkylation sites (tertiary alicyclic amines) is 1. The van der Waals surface area contributed by atoms with Crippen LogP contribution >= 0.6 is 0 Å². The molecule has 20 heavy (non-hydrogen) atoms. The van der Waals surface area contributed by atoms with Gasteiger partial charge in [-0.3, -0.25) is 9.69 Å². The van der Waals surface area contributed by atoms with E-state index in [1.165, 1.54) is 11.1 Å². The highest BCUT2D eigenvalue weighted by Gasteiger charge is 2.30. The van der Waals surface area contributed by atoms with Crippen molar-refractivity contribution in [3.8, 4) is 0 Å². The number of carbonyl (C=O) groups is 1. The first-order valence-electron chi connectivity index (χ1n) is 7.15. The molecule has 2 aromatic rings. The minimum absolute atomic E-state index is 0.338. The molecule has 2 aromatic carbocycles. The van der Waals surface area contributed by atoms with E-state index in [0.717, 1.165) is 13.0 Å². The lowest BCUT2D eigenvalue weighted by Crippen LogP contribution is -2.30. The molecule has 1 aliphatic rings. The number of nitrogens with zero attached hydrogens (tertiary/aromatic N) is 1. The van der Waals surface area contributed by atoms with Crippen LogP contribution in [0.25, 0.3) is 0 Å². The van der Waals surface area contributed by atoms with Gasteiger partial charge in [-0.1, -0.05) is 60.7 Å². The van der Waals surface area contributed by atoms with E-state index in [4.69, 9.17) is 0 Å². The highest BCUT2D eigenvalue weighted by Crippen LogP contribution is 2.21. The largest absolute Gasteiger partial charge is 0.298 e. The first-order chi connectivity index (χ1) is 9.81. The lowest BCUT2D eigenvalue weighted by Gasteiger charge is -2.23. The molecule has 1 atom stereocenters. The Morgan fingerprint density at radius 3 is 2.15 bits per heavy atom. The first-order valence-corrected chi connectivity index (χ1v) is 7.15. The predicted octanol–water partition coefficient (Wildman–Crippen LogP) is 3.07. The van der Waals surface area contributed by atoms with E-state index >= 15 is 0 Å².